The van der Waals surface area contributed by atoms with E-state index < -0.39 is 0 Å². The molecule has 2 N–H and O–H groups in total. The molecule has 1 saturated heterocycles. The third-order valence-electron chi connectivity index (χ3n) is 4.61. The molecule has 0 bridgehead atoms. The summed E-state index contributed by atoms with van der Waals surface area (Å²) >= 11 is 0. The lowest BCUT2D eigenvalue weighted by Crippen LogP contribution is -2.52. The predicted molar refractivity (Wildman–Crippen MR) is 76.0 cm³/mol. The fourth-order valence-corrected chi connectivity index (χ4v) is 3.04. The summed E-state index contributed by atoms with van der Waals surface area (Å²) in [6.07, 6.45) is 6.64. The fourth-order valence-electron chi connectivity index (χ4n) is 3.04. The predicted octanol–water partition coefficient (Wildman–Crippen LogP) is 1.70. The van der Waals surface area contributed by atoms with Crippen LogP contribution >= 0.6 is 0 Å². The van der Waals surface area contributed by atoms with E-state index in [0.29, 0.717) is 12.6 Å². The van der Waals surface area contributed by atoms with Crippen LogP contribution in [0.5, 0.6) is 0 Å². The summed E-state index contributed by atoms with van der Waals surface area (Å²) in [5.74, 6) is 1.07. The van der Waals surface area contributed by atoms with E-state index >= 15 is 0 Å². The molecule has 0 radical (unpaired) electrons. The van der Waals surface area contributed by atoms with Crippen molar-refractivity contribution in [2.45, 2.75) is 51.5 Å². The summed E-state index contributed by atoms with van der Waals surface area (Å²) in [6.45, 7) is 4.53. The fraction of sp³-hybridized carbons (Fsp3) is 0.933. The smallest absolute Gasteiger partial charge is 0.228 e. The molecule has 0 aromatic heterocycles. The number of carbonyl (C=O) groups is 1. The maximum Gasteiger partial charge on any atom is 0.228 e. The Kier molecular flexibility index (Phi) is 5.22. The molecule has 1 aliphatic carbocycles. The second kappa shape index (κ2) is 6.71. The maximum absolute atomic E-state index is 12.7. The first-order valence-corrected chi connectivity index (χ1v) is 7.71. The minimum Gasteiger partial charge on any atom is -0.384 e. The van der Waals surface area contributed by atoms with Gasteiger partial charge in [-0.2, -0.15) is 0 Å². The van der Waals surface area contributed by atoms with Crippen LogP contribution in [0.1, 0.15) is 45.4 Å². The van der Waals surface area contributed by atoms with Crippen molar-refractivity contribution < 1.29 is 9.53 Å². The lowest BCUT2D eigenvalue weighted by atomic mass is 9.78. The lowest BCUT2D eigenvalue weighted by Gasteiger charge is -2.36. The number of rotatable bonds is 7. The van der Waals surface area contributed by atoms with Crippen LogP contribution in [0.3, 0.4) is 0 Å². The monoisotopic (exact) mass is 268 g/mol. The molecule has 1 heterocycles. The van der Waals surface area contributed by atoms with Crippen molar-refractivity contribution in [3.8, 4) is 0 Å². The molecule has 1 amide bonds. The average Bonchev–Trinajstić information content (AvgIpc) is 3.23. The molecule has 4 nitrogen and oxygen atoms in total. The molecule has 1 atom stereocenters. The number of hydrogen-bond acceptors (Lipinski definition) is 3. The van der Waals surface area contributed by atoms with Crippen LogP contribution in [0.15, 0.2) is 0 Å². The summed E-state index contributed by atoms with van der Waals surface area (Å²) in [6, 6.07) is 0.351. The highest BCUT2D eigenvalue weighted by atomic mass is 16.5. The van der Waals surface area contributed by atoms with Crippen molar-refractivity contribution in [1.82, 2.24) is 10.6 Å². The SMILES string of the molecule is CCC(CC1CC1)NC(=O)C1(COC)CCNCC1. The quantitative estimate of drug-likeness (QED) is 0.739. The van der Waals surface area contributed by atoms with Gasteiger partial charge in [0.25, 0.3) is 0 Å². The molecule has 0 spiro atoms. The van der Waals surface area contributed by atoms with Crippen LogP contribution in [-0.2, 0) is 9.53 Å². The van der Waals surface area contributed by atoms with Gasteiger partial charge in [-0.15, -0.1) is 0 Å². The Balaban J connectivity index is 1.93. The second-order valence-electron chi connectivity index (χ2n) is 6.22. The molecular weight excluding hydrogens is 240 g/mol. The van der Waals surface area contributed by atoms with Crippen molar-refractivity contribution in [2.24, 2.45) is 11.3 Å². The first-order valence-electron chi connectivity index (χ1n) is 7.71. The zero-order valence-electron chi connectivity index (χ0n) is 12.3. The number of ether oxygens (including phenoxy) is 1. The van der Waals surface area contributed by atoms with E-state index in [4.69, 9.17) is 4.74 Å². The summed E-state index contributed by atoms with van der Waals surface area (Å²) in [7, 11) is 1.69. The molecule has 1 saturated carbocycles. The third kappa shape index (κ3) is 3.93. The topological polar surface area (TPSA) is 50.4 Å². The third-order valence-corrected chi connectivity index (χ3v) is 4.61. The highest BCUT2D eigenvalue weighted by molar-refractivity contribution is 5.83. The zero-order valence-corrected chi connectivity index (χ0v) is 12.3. The van der Waals surface area contributed by atoms with Gasteiger partial charge in [0.05, 0.1) is 12.0 Å². The summed E-state index contributed by atoms with van der Waals surface area (Å²) in [5, 5.41) is 6.61. The first kappa shape index (κ1) is 14.8. The van der Waals surface area contributed by atoms with E-state index in [0.717, 1.165) is 44.7 Å². The summed E-state index contributed by atoms with van der Waals surface area (Å²) in [4.78, 5) is 12.7. The Bertz CT molecular complexity index is 291. The molecule has 0 aromatic carbocycles. The lowest BCUT2D eigenvalue weighted by molar-refractivity contribution is -0.137. The molecule has 2 fully saturated rings. The van der Waals surface area contributed by atoms with Crippen molar-refractivity contribution >= 4 is 5.91 Å². The number of methoxy groups -OCH3 is 1. The molecule has 2 rings (SSSR count). The van der Waals surface area contributed by atoms with Crippen LogP contribution in [0, 0.1) is 11.3 Å². The van der Waals surface area contributed by atoms with Gasteiger partial charge < -0.3 is 15.4 Å². The van der Waals surface area contributed by atoms with E-state index in [1.165, 1.54) is 12.8 Å². The highest BCUT2D eigenvalue weighted by Gasteiger charge is 2.40. The van der Waals surface area contributed by atoms with Crippen molar-refractivity contribution in [2.75, 3.05) is 26.8 Å². The van der Waals surface area contributed by atoms with Crippen molar-refractivity contribution in [1.29, 1.82) is 0 Å². The van der Waals surface area contributed by atoms with Crippen LogP contribution in [-0.4, -0.2) is 38.8 Å². The van der Waals surface area contributed by atoms with E-state index in [-0.39, 0.29) is 11.3 Å². The van der Waals surface area contributed by atoms with Gasteiger partial charge in [0.15, 0.2) is 0 Å². The van der Waals surface area contributed by atoms with Crippen LogP contribution < -0.4 is 10.6 Å². The standard InChI is InChI=1S/C15H28N2O2/c1-3-13(10-12-4-5-12)17-14(18)15(11-19-2)6-8-16-9-7-15/h12-13,16H,3-11H2,1-2H3,(H,17,18). The van der Waals surface area contributed by atoms with Gasteiger partial charge in [-0.05, 0) is 44.7 Å². The number of amides is 1. The van der Waals surface area contributed by atoms with Gasteiger partial charge >= 0.3 is 0 Å². The van der Waals surface area contributed by atoms with Gasteiger partial charge in [0, 0.05) is 13.2 Å². The Morgan fingerprint density at radius 1 is 1.42 bits per heavy atom. The first-order chi connectivity index (χ1) is 9.20. The molecular formula is C15H28N2O2. The molecule has 1 aliphatic heterocycles. The Hall–Kier alpha value is -0.610. The molecule has 2 aliphatic rings. The number of carbonyl (C=O) groups excluding carboxylic acids is 1. The highest BCUT2D eigenvalue weighted by Crippen LogP contribution is 2.35. The second-order valence-corrected chi connectivity index (χ2v) is 6.22. The van der Waals surface area contributed by atoms with E-state index in [1.807, 2.05) is 0 Å². The van der Waals surface area contributed by atoms with Gasteiger partial charge in [-0.1, -0.05) is 19.8 Å². The Labute approximate surface area is 116 Å². The molecule has 19 heavy (non-hydrogen) atoms. The zero-order chi connectivity index (χ0) is 13.7. The normalized spacial score (nSPS) is 23.9. The number of hydrogen-bond donors (Lipinski definition) is 2. The van der Waals surface area contributed by atoms with E-state index in [2.05, 4.69) is 17.6 Å². The molecule has 110 valence electrons. The van der Waals surface area contributed by atoms with Gasteiger partial charge in [-0.3, -0.25) is 4.79 Å². The minimum absolute atomic E-state index is 0.211. The van der Waals surface area contributed by atoms with Crippen molar-refractivity contribution in [3.05, 3.63) is 0 Å². The van der Waals surface area contributed by atoms with Gasteiger partial charge in [-0.25, -0.2) is 0 Å². The molecule has 4 heteroatoms. The van der Waals surface area contributed by atoms with E-state index in [9.17, 15) is 4.79 Å². The summed E-state index contributed by atoms with van der Waals surface area (Å²) in [5.41, 5.74) is -0.309. The number of nitrogens with one attached hydrogen (secondary N) is 2. The van der Waals surface area contributed by atoms with Crippen LogP contribution in [0.4, 0.5) is 0 Å². The van der Waals surface area contributed by atoms with Gasteiger partial charge in [0.2, 0.25) is 5.91 Å². The summed E-state index contributed by atoms with van der Waals surface area (Å²) < 4.78 is 5.33. The van der Waals surface area contributed by atoms with Gasteiger partial charge in [0.1, 0.15) is 0 Å². The largest absolute Gasteiger partial charge is 0.384 e. The van der Waals surface area contributed by atoms with E-state index in [1.54, 1.807) is 7.11 Å². The minimum atomic E-state index is -0.309. The van der Waals surface area contributed by atoms with Crippen LogP contribution in [0.2, 0.25) is 0 Å². The average molecular weight is 268 g/mol. The Morgan fingerprint density at radius 2 is 2.11 bits per heavy atom. The maximum atomic E-state index is 12.7. The van der Waals surface area contributed by atoms with Crippen molar-refractivity contribution in [3.63, 3.8) is 0 Å². The molecule has 1 unspecified atom stereocenters. The Morgan fingerprint density at radius 3 is 2.63 bits per heavy atom. The van der Waals surface area contributed by atoms with Crippen LogP contribution in [0.25, 0.3) is 0 Å². The molecule has 0 aromatic rings. The number of piperidine rings is 1.